The molecule has 4 rings (SSSR count). The van der Waals surface area contributed by atoms with Gasteiger partial charge in [0.1, 0.15) is 11.5 Å². The zero-order valence-corrected chi connectivity index (χ0v) is 14.8. The maximum Gasteiger partial charge on any atom is 0.350 e. The smallest absolute Gasteiger partial charge is 0.350 e. The first-order valence-corrected chi connectivity index (χ1v) is 8.44. The largest absolute Gasteiger partial charge is 0.456 e. The summed E-state index contributed by atoms with van der Waals surface area (Å²) in [5.41, 5.74) is 2.36. The highest BCUT2D eigenvalue weighted by atomic mass is 16.7. The Morgan fingerprint density at radius 1 is 0.889 bits per heavy atom. The second kappa shape index (κ2) is 6.32. The number of ether oxygens (including phenoxy) is 3. The van der Waals surface area contributed by atoms with Crippen molar-refractivity contribution in [1.29, 1.82) is 0 Å². The summed E-state index contributed by atoms with van der Waals surface area (Å²) in [5.74, 6) is -1.30. The normalized spacial score (nSPS) is 16.9. The van der Waals surface area contributed by atoms with Gasteiger partial charge in [0.25, 0.3) is 5.79 Å². The highest BCUT2D eigenvalue weighted by molar-refractivity contribution is 6.15. The lowest BCUT2D eigenvalue weighted by Crippen LogP contribution is -2.42. The Hall–Kier alpha value is -3.54. The number of esters is 2. The van der Waals surface area contributed by atoms with E-state index < -0.39 is 17.7 Å². The number of hydrogen-bond acceptors (Lipinski definition) is 6. The summed E-state index contributed by atoms with van der Waals surface area (Å²) in [7, 11) is 0. The van der Waals surface area contributed by atoms with E-state index in [2.05, 4.69) is 5.32 Å². The maximum absolute atomic E-state index is 12.0. The van der Waals surface area contributed by atoms with E-state index in [4.69, 9.17) is 14.2 Å². The number of carbonyl (C=O) groups excluding carboxylic acids is 2. The Morgan fingerprint density at radius 3 is 2.30 bits per heavy atom. The van der Waals surface area contributed by atoms with Crippen LogP contribution in [0, 0.1) is 0 Å². The van der Waals surface area contributed by atoms with Crippen LogP contribution in [0.1, 0.15) is 25.0 Å². The first-order chi connectivity index (χ1) is 12.9. The Morgan fingerprint density at radius 2 is 1.56 bits per heavy atom. The molecule has 1 fully saturated rings. The van der Waals surface area contributed by atoms with Crippen LogP contribution < -0.4 is 10.1 Å². The van der Waals surface area contributed by atoms with E-state index in [1.165, 1.54) is 20.0 Å². The molecule has 136 valence electrons. The minimum Gasteiger partial charge on any atom is -0.456 e. The molecule has 0 atom stereocenters. The van der Waals surface area contributed by atoms with Crippen LogP contribution in [0.4, 0.5) is 5.69 Å². The third-order valence-electron chi connectivity index (χ3n) is 4.09. The number of anilines is 1. The van der Waals surface area contributed by atoms with Gasteiger partial charge < -0.3 is 19.5 Å². The molecule has 2 aliphatic heterocycles. The Balaban J connectivity index is 1.58. The van der Waals surface area contributed by atoms with Crippen LogP contribution in [-0.2, 0) is 19.1 Å². The van der Waals surface area contributed by atoms with Crippen molar-refractivity contribution in [3.05, 3.63) is 65.4 Å². The van der Waals surface area contributed by atoms with Gasteiger partial charge in [-0.25, -0.2) is 9.59 Å². The van der Waals surface area contributed by atoms with Crippen LogP contribution in [0.25, 0.3) is 12.2 Å². The van der Waals surface area contributed by atoms with E-state index >= 15 is 0 Å². The van der Waals surface area contributed by atoms with Crippen LogP contribution in [0.15, 0.2) is 54.2 Å². The molecule has 0 amide bonds. The van der Waals surface area contributed by atoms with Crippen LogP contribution in [-0.4, -0.2) is 17.7 Å². The van der Waals surface area contributed by atoms with Gasteiger partial charge in [-0.05, 0) is 18.2 Å². The molecule has 1 saturated heterocycles. The van der Waals surface area contributed by atoms with Crippen molar-refractivity contribution in [3.8, 4) is 11.5 Å². The molecule has 0 saturated carbocycles. The number of carbonyl (C=O) groups is 2. The summed E-state index contributed by atoms with van der Waals surface area (Å²) < 4.78 is 16.1. The van der Waals surface area contributed by atoms with Crippen LogP contribution in [0.2, 0.25) is 0 Å². The van der Waals surface area contributed by atoms with E-state index in [0.717, 1.165) is 16.9 Å². The van der Waals surface area contributed by atoms with Gasteiger partial charge in [0.15, 0.2) is 5.57 Å². The first kappa shape index (κ1) is 16.9. The number of cyclic esters (lactones) is 2. The molecule has 0 spiro atoms. The van der Waals surface area contributed by atoms with Crippen LogP contribution in [0.3, 0.4) is 0 Å². The van der Waals surface area contributed by atoms with Crippen molar-refractivity contribution >= 4 is 29.8 Å². The third-order valence-corrected chi connectivity index (χ3v) is 4.09. The standard InChI is InChI=1S/C21H17NO5/c1-21(2)26-19(23)16(20(24)27-21)12-22-15-10-9-14-8-7-13-5-3-4-6-17(13)25-18(14)11-15/h3-12,22H,1-2H3. The average Bonchev–Trinajstić information content (AvgIpc) is 2.78. The van der Waals surface area contributed by atoms with Crippen molar-refractivity contribution in [2.45, 2.75) is 19.6 Å². The van der Waals surface area contributed by atoms with Gasteiger partial charge in [-0.1, -0.05) is 30.4 Å². The third kappa shape index (κ3) is 3.42. The number of hydrogen-bond donors (Lipinski definition) is 1. The molecule has 6 nitrogen and oxygen atoms in total. The number of para-hydroxylation sites is 1. The van der Waals surface area contributed by atoms with Gasteiger partial charge >= 0.3 is 11.9 Å². The predicted molar refractivity (Wildman–Crippen MR) is 99.9 cm³/mol. The van der Waals surface area contributed by atoms with Gasteiger partial charge in [0, 0.05) is 42.9 Å². The monoisotopic (exact) mass is 363 g/mol. The predicted octanol–water partition coefficient (Wildman–Crippen LogP) is 4.09. The summed E-state index contributed by atoms with van der Waals surface area (Å²) >= 11 is 0. The second-order valence-corrected chi connectivity index (χ2v) is 6.61. The first-order valence-electron chi connectivity index (χ1n) is 8.44. The highest BCUT2D eigenvalue weighted by Gasteiger charge is 2.38. The van der Waals surface area contributed by atoms with Crippen molar-refractivity contribution < 1.29 is 23.8 Å². The van der Waals surface area contributed by atoms with Crippen LogP contribution in [0.5, 0.6) is 11.5 Å². The zero-order valence-electron chi connectivity index (χ0n) is 14.8. The van der Waals surface area contributed by atoms with E-state index in [9.17, 15) is 9.59 Å². The summed E-state index contributed by atoms with van der Waals surface area (Å²) in [6.45, 7) is 3.00. The van der Waals surface area contributed by atoms with Crippen molar-refractivity contribution in [2.24, 2.45) is 0 Å². The van der Waals surface area contributed by atoms with Gasteiger partial charge in [-0.15, -0.1) is 0 Å². The van der Waals surface area contributed by atoms with Crippen molar-refractivity contribution in [1.82, 2.24) is 0 Å². The fourth-order valence-corrected chi connectivity index (χ4v) is 2.79. The quantitative estimate of drug-likeness (QED) is 0.420. The summed E-state index contributed by atoms with van der Waals surface area (Å²) in [4.78, 5) is 24.0. The molecule has 0 aliphatic carbocycles. The van der Waals surface area contributed by atoms with Gasteiger partial charge in [-0.3, -0.25) is 0 Å². The number of fused-ring (bicyclic) bond motifs is 2. The van der Waals surface area contributed by atoms with E-state index in [1.807, 2.05) is 48.6 Å². The molecule has 1 N–H and O–H groups in total. The second-order valence-electron chi connectivity index (χ2n) is 6.61. The molecule has 2 aromatic carbocycles. The van der Waals surface area contributed by atoms with Gasteiger partial charge in [0.05, 0.1) is 0 Å². The van der Waals surface area contributed by atoms with Gasteiger partial charge in [-0.2, -0.15) is 0 Å². The van der Waals surface area contributed by atoms with Crippen molar-refractivity contribution in [3.63, 3.8) is 0 Å². The Bertz CT molecular complexity index is 981. The Labute approximate surface area is 156 Å². The number of rotatable bonds is 2. The van der Waals surface area contributed by atoms with E-state index in [0.29, 0.717) is 11.4 Å². The van der Waals surface area contributed by atoms with E-state index in [-0.39, 0.29) is 5.57 Å². The Kier molecular flexibility index (Phi) is 3.96. The lowest BCUT2D eigenvalue weighted by molar-refractivity contribution is -0.222. The molecule has 2 aromatic rings. The summed E-state index contributed by atoms with van der Waals surface area (Å²) in [6.07, 6.45) is 5.25. The van der Waals surface area contributed by atoms with Crippen molar-refractivity contribution in [2.75, 3.05) is 5.32 Å². The minimum absolute atomic E-state index is 0.199. The fourth-order valence-electron chi connectivity index (χ4n) is 2.79. The fraction of sp³-hybridized carbons (Fsp3) is 0.143. The molecule has 2 aliphatic rings. The molecule has 0 unspecified atom stereocenters. The summed E-state index contributed by atoms with van der Waals surface area (Å²) in [6, 6.07) is 13.2. The number of nitrogens with one attached hydrogen (secondary N) is 1. The topological polar surface area (TPSA) is 73.9 Å². The van der Waals surface area contributed by atoms with E-state index in [1.54, 1.807) is 6.07 Å². The van der Waals surface area contributed by atoms with Gasteiger partial charge in [0.2, 0.25) is 0 Å². The molecule has 27 heavy (non-hydrogen) atoms. The minimum atomic E-state index is -1.26. The molecule has 6 heteroatoms. The molecule has 0 aromatic heterocycles. The lowest BCUT2D eigenvalue weighted by Gasteiger charge is -2.29. The SMILES string of the molecule is CC1(C)OC(=O)C(=CNc2ccc3c(c2)Oc2ccccc2C=C3)C(=O)O1. The maximum atomic E-state index is 12.0. The van der Waals surface area contributed by atoms with Crippen LogP contribution >= 0.6 is 0 Å². The summed E-state index contributed by atoms with van der Waals surface area (Å²) in [5, 5.41) is 2.93. The molecular weight excluding hydrogens is 346 g/mol. The average molecular weight is 363 g/mol. The highest BCUT2D eigenvalue weighted by Crippen LogP contribution is 2.35. The zero-order chi connectivity index (χ0) is 19.0. The number of benzene rings is 2. The molecule has 0 bridgehead atoms. The molecule has 2 heterocycles. The lowest BCUT2D eigenvalue weighted by atomic mass is 10.1. The molecule has 0 radical (unpaired) electrons. The molecular formula is C21H17NO5.